The van der Waals surface area contributed by atoms with Crippen LogP contribution in [-0.2, 0) is 19.5 Å². The van der Waals surface area contributed by atoms with E-state index in [1.165, 1.54) is 11.3 Å². The second kappa shape index (κ2) is 9.94. The molecule has 0 saturated heterocycles. The van der Waals surface area contributed by atoms with Crippen molar-refractivity contribution in [1.29, 1.82) is 0 Å². The van der Waals surface area contributed by atoms with Gasteiger partial charge in [0.05, 0.1) is 25.0 Å². The van der Waals surface area contributed by atoms with Crippen molar-refractivity contribution < 1.29 is 9.53 Å². The van der Waals surface area contributed by atoms with Gasteiger partial charge in [-0.05, 0) is 45.4 Å². The Labute approximate surface area is 192 Å². The van der Waals surface area contributed by atoms with E-state index in [1.54, 1.807) is 7.11 Å². The maximum Gasteiger partial charge on any atom is 0.318 e. The number of nitrogens with zero attached hydrogens (tertiary/aromatic N) is 4. The van der Waals surface area contributed by atoms with Gasteiger partial charge in [0.15, 0.2) is 0 Å². The number of para-hydroxylation sites is 2. The molecule has 0 spiro atoms. The lowest BCUT2D eigenvalue weighted by Gasteiger charge is -2.30. The fourth-order valence-electron chi connectivity index (χ4n) is 4.18. The van der Waals surface area contributed by atoms with Gasteiger partial charge in [0.2, 0.25) is 0 Å². The number of carbonyl (C=O) groups is 1. The number of methoxy groups -OCH3 is 1. The predicted octanol–water partition coefficient (Wildman–Crippen LogP) is 4.23. The van der Waals surface area contributed by atoms with E-state index in [4.69, 9.17) is 9.84 Å². The van der Waals surface area contributed by atoms with Gasteiger partial charge >= 0.3 is 6.03 Å². The van der Waals surface area contributed by atoms with Gasteiger partial charge in [-0.25, -0.2) is 9.48 Å². The van der Waals surface area contributed by atoms with Crippen LogP contribution in [0, 0.1) is 5.92 Å². The van der Waals surface area contributed by atoms with Crippen LogP contribution >= 0.6 is 0 Å². The lowest BCUT2D eigenvalue weighted by molar-refractivity contribution is 0.177. The van der Waals surface area contributed by atoms with Gasteiger partial charge in [0, 0.05) is 37.2 Å². The number of fused-ring (bicyclic) bond motifs is 1. The largest absolute Gasteiger partial charge is 0.494 e. The van der Waals surface area contributed by atoms with Crippen molar-refractivity contribution in [1.82, 2.24) is 24.9 Å². The smallest absolute Gasteiger partial charge is 0.318 e. The Morgan fingerprint density at radius 1 is 1.28 bits per heavy atom. The molecule has 1 aromatic carbocycles. The molecule has 0 saturated carbocycles. The van der Waals surface area contributed by atoms with E-state index in [9.17, 15) is 4.79 Å². The Hall–Kier alpha value is -2.54. The summed E-state index contributed by atoms with van der Waals surface area (Å²) >= 11 is 0. The molecule has 0 aliphatic carbocycles. The highest BCUT2D eigenvalue weighted by atomic mass is 16.5. The molecule has 1 aliphatic rings. The molecule has 0 bridgehead atoms. The number of benzene rings is 1. The first-order valence-electron chi connectivity index (χ1n) is 11.7. The first-order chi connectivity index (χ1) is 15.1. The Kier molecular flexibility index (Phi) is 7.49. The van der Waals surface area contributed by atoms with Crippen LogP contribution in [0.3, 0.4) is 0 Å². The summed E-state index contributed by atoms with van der Waals surface area (Å²) in [7, 11) is 1.69. The van der Waals surface area contributed by atoms with Gasteiger partial charge in [-0.15, -0.1) is 0 Å². The van der Waals surface area contributed by atoms with Crippen LogP contribution in [0.15, 0.2) is 24.3 Å². The molecule has 2 aromatic rings. The normalized spacial score (nSPS) is 14.4. The van der Waals surface area contributed by atoms with Crippen LogP contribution in [0.5, 0.6) is 5.75 Å². The minimum absolute atomic E-state index is 0.0463. The quantitative estimate of drug-likeness (QED) is 0.699. The number of hydrogen-bond acceptors (Lipinski definition) is 4. The first kappa shape index (κ1) is 24.1. The molecule has 0 fully saturated rings. The molecular weight excluding hydrogens is 402 g/mol. The third-order valence-electron chi connectivity index (χ3n) is 5.68. The van der Waals surface area contributed by atoms with E-state index in [1.807, 2.05) is 54.6 Å². The van der Waals surface area contributed by atoms with Crippen LogP contribution in [0.1, 0.15) is 58.5 Å². The van der Waals surface area contributed by atoms with E-state index in [2.05, 4.69) is 31.0 Å². The number of ether oxygens (including phenoxy) is 1. The lowest BCUT2D eigenvalue weighted by atomic mass is 10.0. The molecule has 1 aliphatic heterocycles. The van der Waals surface area contributed by atoms with Gasteiger partial charge in [0.1, 0.15) is 11.4 Å². The maximum absolute atomic E-state index is 13.1. The average Bonchev–Trinajstić information content (AvgIpc) is 3.09. The highest BCUT2D eigenvalue weighted by molar-refractivity contribution is 5.75. The Morgan fingerprint density at radius 2 is 2.00 bits per heavy atom. The van der Waals surface area contributed by atoms with Crippen molar-refractivity contribution in [2.45, 2.75) is 66.6 Å². The summed E-state index contributed by atoms with van der Waals surface area (Å²) in [5.74, 6) is 1.16. The van der Waals surface area contributed by atoms with Crippen molar-refractivity contribution >= 4 is 6.03 Å². The van der Waals surface area contributed by atoms with Gasteiger partial charge in [-0.2, -0.15) is 5.10 Å². The van der Waals surface area contributed by atoms with Crippen molar-refractivity contribution in [3.63, 3.8) is 0 Å². The van der Waals surface area contributed by atoms with E-state index >= 15 is 0 Å². The number of likely N-dealkylation sites (N-methyl/N-ethyl adjacent to an activating group) is 1. The molecule has 0 unspecified atom stereocenters. The summed E-state index contributed by atoms with van der Waals surface area (Å²) < 4.78 is 7.66. The monoisotopic (exact) mass is 441 g/mol. The number of hydrogen-bond donors (Lipinski definition) is 1. The molecule has 2 heterocycles. The Morgan fingerprint density at radius 3 is 2.62 bits per heavy atom. The molecule has 0 atom stereocenters. The van der Waals surface area contributed by atoms with Crippen molar-refractivity contribution in [2.75, 3.05) is 26.7 Å². The van der Waals surface area contributed by atoms with Crippen LogP contribution in [0.25, 0.3) is 5.69 Å². The van der Waals surface area contributed by atoms with Crippen LogP contribution in [0.2, 0.25) is 0 Å². The third kappa shape index (κ3) is 5.63. The standard InChI is InChI=1S/C25H39N5O2/c1-8-28-14-13-21-19(16-28)20(27-30(21)22-11-9-10-12-23(22)32-7)17-29(15-18(2)3)24(31)26-25(4,5)6/h9-12,18H,8,13-17H2,1-7H3,(H,26,31). The molecule has 3 rings (SSSR count). The molecule has 7 nitrogen and oxygen atoms in total. The van der Waals surface area contributed by atoms with E-state index < -0.39 is 0 Å². The van der Waals surface area contributed by atoms with Crippen molar-refractivity contribution in [3.05, 3.63) is 41.2 Å². The second-order valence-corrected chi connectivity index (χ2v) is 10.0. The minimum Gasteiger partial charge on any atom is -0.494 e. The minimum atomic E-state index is -0.290. The number of carbonyl (C=O) groups excluding carboxylic acids is 1. The second-order valence-electron chi connectivity index (χ2n) is 10.0. The zero-order chi connectivity index (χ0) is 23.5. The van der Waals surface area contributed by atoms with Crippen LogP contribution < -0.4 is 10.1 Å². The summed E-state index contributed by atoms with van der Waals surface area (Å²) in [5.41, 5.74) is 4.07. The summed E-state index contributed by atoms with van der Waals surface area (Å²) in [6.45, 7) is 16.5. The number of aromatic nitrogens is 2. The molecule has 176 valence electrons. The third-order valence-corrected chi connectivity index (χ3v) is 5.68. The van der Waals surface area contributed by atoms with E-state index in [-0.39, 0.29) is 11.6 Å². The molecule has 1 N–H and O–H groups in total. The molecule has 2 amide bonds. The van der Waals surface area contributed by atoms with Crippen LogP contribution in [0.4, 0.5) is 4.79 Å². The number of urea groups is 1. The average molecular weight is 442 g/mol. The summed E-state index contributed by atoms with van der Waals surface area (Å²) in [6.07, 6.45) is 0.923. The van der Waals surface area contributed by atoms with Gasteiger partial charge in [-0.3, -0.25) is 4.90 Å². The first-order valence-corrected chi connectivity index (χ1v) is 11.7. The van der Waals surface area contributed by atoms with E-state index in [0.717, 1.165) is 43.2 Å². The van der Waals surface area contributed by atoms with Crippen LogP contribution in [-0.4, -0.2) is 57.9 Å². The topological polar surface area (TPSA) is 62.6 Å². The number of amides is 2. The van der Waals surface area contributed by atoms with Gasteiger partial charge < -0.3 is 15.0 Å². The fraction of sp³-hybridized carbons (Fsp3) is 0.600. The lowest BCUT2D eigenvalue weighted by Crippen LogP contribution is -2.49. The summed E-state index contributed by atoms with van der Waals surface area (Å²) in [4.78, 5) is 17.4. The van der Waals surface area contributed by atoms with Crippen molar-refractivity contribution in [3.8, 4) is 11.4 Å². The Bertz CT molecular complexity index is 929. The zero-order valence-electron chi connectivity index (χ0n) is 20.7. The molecule has 7 heteroatoms. The molecule has 32 heavy (non-hydrogen) atoms. The molecule has 0 radical (unpaired) electrons. The Balaban J connectivity index is 2.02. The SMILES string of the molecule is CCN1CCc2c(c(CN(CC(C)C)C(=O)NC(C)(C)C)nn2-c2ccccc2OC)C1. The van der Waals surface area contributed by atoms with E-state index in [0.29, 0.717) is 19.0 Å². The summed E-state index contributed by atoms with van der Waals surface area (Å²) in [6, 6.07) is 7.94. The number of rotatable bonds is 7. The molecule has 1 aromatic heterocycles. The fourth-order valence-corrected chi connectivity index (χ4v) is 4.18. The van der Waals surface area contributed by atoms with Gasteiger partial charge in [-0.1, -0.05) is 32.9 Å². The highest BCUT2D eigenvalue weighted by Gasteiger charge is 2.29. The van der Waals surface area contributed by atoms with Gasteiger partial charge in [0.25, 0.3) is 0 Å². The van der Waals surface area contributed by atoms with Crippen molar-refractivity contribution in [2.24, 2.45) is 5.92 Å². The summed E-state index contributed by atoms with van der Waals surface area (Å²) in [5, 5.41) is 8.18. The number of nitrogens with one attached hydrogen (secondary N) is 1. The molecular formula is C25H39N5O2. The zero-order valence-corrected chi connectivity index (χ0v) is 20.7. The predicted molar refractivity (Wildman–Crippen MR) is 128 cm³/mol. The highest BCUT2D eigenvalue weighted by Crippen LogP contribution is 2.30. The maximum atomic E-state index is 13.1.